The van der Waals surface area contributed by atoms with Crippen LogP contribution in [0.1, 0.15) is 19.8 Å². The van der Waals surface area contributed by atoms with E-state index in [-0.39, 0.29) is 22.4 Å². The maximum atomic E-state index is 13.5. The van der Waals surface area contributed by atoms with E-state index in [4.69, 9.17) is 16.3 Å². The van der Waals surface area contributed by atoms with Crippen molar-refractivity contribution in [2.45, 2.75) is 24.7 Å². The molecular formula is C13H13ClFNO2S2. The standard InChI is InChI=1S/C13H13ClFNO2S2/c1-2-3-4-18-13(17)7-20-12-6-11(16-8-19)10(15)5-9(12)14/h5-6H,2-4,7H2,1H3. The number of carbonyl (C=O) groups is 1. The van der Waals surface area contributed by atoms with Crippen molar-refractivity contribution < 1.29 is 13.9 Å². The zero-order chi connectivity index (χ0) is 15.0. The second kappa shape index (κ2) is 9.08. The van der Waals surface area contributed by atoms with Crippen LogP contribution in [0, 0.1) is 5.82 Å². The first-order chi connectivity index (χ1) is 9.58. The molecule has 0 aliphatic rings. The minimum atomic E-state index is -0.581. The van der Waals surface area contributed by atoms with E-state index in [0.29, 0.717) is 11.5 Å². The van der Waals surface area contributed by atoms with Gasteiger partial charge in [0.2, 0.25) is 0 Å². The Bertz CT molecular complexity index is 533. The topological polar surface area (TPSA) is 38.7 Å². The number of nitrogens with zero attached hydrogens (tertiary/aromatic N) is 1. The second-order valence-electron chi connectivity index (χ2n) is 3.80. The van der Waals surface area contributed by atoms with E-state index in [2.05, 4.69) is 22.4 Å². The van der Waals surface area contributed by atoms with Crippen molar-refractivity contribution in [3.05, 3.63) is 23.0 Å². The molecule has 1 aromatic rings. The van der Waals surface area contributed by atoms with E-state index >= 15 is 0 Å². The minimum Gasteiger partial charge on any atom is -0.465 e. The number of hydrogen-bond acceptors (Lipinski definition) is 5. The van der Waals surface area contributed by atoms with Gasteiger partial charge in [0.25, 0.3) is 0 Å². The Morgan fingerprint density at radius 1 is 1.60 bits per heavy atom. The van der Waals surface area contributed by atoms with Gasteiger partial charge in [0.05, 0.1) is 22.5 Å². The summed E-state index contributed by atoms with van der Waals surface area (Å²) in [5, 5.41) is 2.31. The van der Waals surface area contributed by atoms with Crippen LogP contribution in [0.25, 0.3) is 0 Å². The molecule has 0 atom stereocenters. The molecular weight excluding hydrogens is 321 g/mol. The number of unbranched alkanes of at least 4 members (excludes halogenated alkanes) is 1. The Kier molecular flexibility index (Phi) is 7.77. The highest BCUT2D eigenvalue weighted by atomic mass is 35.5. The summed E-state index contributed by atoms with van der Waals surface area (Å²) in [6.07, 6.45) is 1.80. The predicted octanol–water partition coefficient (Wildman–Crippen LogP) is 4.65. The van der Waals surface area contributed by atoms with Crippen molar-refractivity contribution in [1.82, 2.24) is 0 Å². The first-order valence-electron chi connectivity index (χ1n) is 5.93. The molecule has 7 heteroatoms. The van der Waals surface area contributed by atoms with Crippen LogP contribution in [0.4, 0.5) is 10.1 Å². The fourth-order valence-corrected chi connectivity index (χ4v) is 2.43. The summed E-state index contributed by atoms with van der Waals surface area (Å²) in [4.78, 5) is 15.6. The Morgan fingerprint density at radius 2 is 2.35 bits per heavy atom. The molecule has 0 fully saturated rings. The molecule has 0 saturated carbocycles. The SMILES string of the molecule is CCCCOC(=O)CSc1cc(N=C=S)c(F)cc1Cl. The van der Waals surface area contributed by atoms with Crippen LogP contribution in [-0.4, -0.2) is 23.5 Å². The van der Waals surface area contributed by atoms with Gasteiger partial charge in [0.1, 0.15) is 5.69 Å². The summed E-state index contributed by atoms with van der Waals surface area (Å²) in [7, 11) is 0. The van der Waals surface area contributed by atoms with Crippen molar-refractivity contribution in [2.75, 3.05) is 12.4 Å². The molecule has 1 rings (SSSR count). The zero-order valence-electron chi connectivity index (χ0n) is 10.8. The monoisotopic (exact) mass is 333 g/mol. The van der Waals surface area contributed by atoms with Crippen LogP contribution < -0.4 is 0 Å². The van der Waals surface area contributed by atoms with Crippen molar-refractivity contribution in [2.24, 2.45) is 4.99 Å². The number of hydrogen-bond donors (Lipinski definition) is 0. The lowest BCUT2D eigenvalue weighted by Gasteiger charge is -2.06. The van der Waals surface area contributed by atoms with E-state index in [9.17, 15) is 9.18 Å². The van der Waals surface area contributed by atoms with Crippen LogP contribution in [0.15, 0.2) is 22.0 Å². The Balaban J connectivity index is 2.65. The summed E-state index contributed by atoms with van der Waals surface area (Å²) >= 11 is 11.5. The van der Waals surface area contributed by atoms with E-state index in [1.807, 2.05) is 6.92 Å². The number of isothiocyanates is 1. The number of esters is 1. The van der Waals surface area contributed by atoms with Crippen LogP contribution in [0.5, 0.6) is 0 Å². The predicted molar refractivity (Wildman–Crippen MR) is 82.7 cm³/mol. The molecule has 0 bridgehead atoms. The summed E-state index contributed by atoms with van der Waals surface area (Å²) in [6.45, 7) is 2.42. The van der Waals surface area contributed by atoms with Crippen LogP contribution in [0.3, 0.4) is 0 Å². The third kappa shape index (κ3) is 5.59. The van der Waals surface area contributed by atoms with Crippen molar-refractivity contribution >= 4 is 52.4 Å². The number of carbonyl (C=O) groups excluding carboxylic acids is 1. The molecule has 108 valence electrons. The van der Waals surface area contributed by atoms with Gasteiger partial charge in [-0.05, 0) is 30.8 Å². The molecule has 3 nitrogen and oxygen atoms in total. The lowest BCUT2D eigenvalue weighted by atomic mass is 10.3. The van der Waals surface area contributed by atoms with Gasteiger partial charge in [-0.3, -0.25) is 4.79 Å². The molecule has 20 heavy (non-hydrogen) atoms. The van der Waals surface area contributed by atoms with Gasteiger partial charge in [-0.25, -0.2) is 4.39 Å². The van der Waals surface area contributed by atoms with Gasteiger partial charge in [-0.1, -0.05) is 24.9 Å². The summed E-state index contributed by atoms with van der Waals surface area (Å²) in [5.74, 6) is -0.804. The highest BCUT2D eigenvalue weighted by Gasteiger charge is 2.11. The lowest BCUT2D eigenvalue weighted by Crippen LogP contribution is -2.08. The minimum absolute atomic E-state index is 0.0475. The van der Waals surface area contributed by atoms with Crippen LogP contribution >= 0.6 is 35.6 Å². The quantitative estimate of drug-likeness (QED) is 0.239. The van der Waals surface area contributed by atoms with E-state index in [0.717, 1.165) is 18.9 Å². The highest BCUT2D eigenvalue weighted by molar-refractivity contribution is 8.00. The number of aliphatic imine (C=N–C) groups is 1. The summed E-state index contributed by atoms with van der Waals surface area (Å²) in [5.41, 5.74) is 0.0475. The fraction of sp³-hybridized carbons (Fsp3) is 0.385. The number of benzene rings is 1. The van der Waals surface area contributed by atoms with Crippen molar-refractivity contribution in [3.63, 3.8) is 0 Å². The van der Waals surface area contributed by atoms with Gasteiger partial charge < -0.3 is 4.74 Å². The Morgan fingerprint density at radius 3 is 3.00 bits per heavy atom. The molecule has 0 aliphatic carbocycles. The van der Waals surface area contributed by atoms with Gasteiger partial charge in [-0.2, -0.15) is 4.99 Å². The average molecular weight is 334 g/mol. The number of thioether (sulfide) groups is 1. The molecule has 0 aliphatic heterocycles. The van der Waals surface area contributed by atoms with Gasteiger partial charge in [-0.15, -0.1) is 11.8 Å². The van der Waals surface area contributed by atoms with E-state index < -0.39 is 5.82 Å². The Labute approximate surface area is 131 Å². The molecule has 1 aromatic carbocycles. The van der Waals surface area contributed by atoms with E-state index in [1.54, 1.807) is 0 Å². The van der Waals surface area contributed by atoms with Gasteiger partial charge in [0, 0.05) is 4.90 Å². The van der Waals surface area contributed by atoms with Crippen molar-refractivity contribution in [1.29, 1.82) is 0 Å². The Hall–Kier alpha value is -0.940. The number of halogens is 2. The van der Waals surface area contributed by atoms with Gasteiger partial charge in [0.15, 0.2) is 5.82 Å². The molecule has 0 N–H and O–H groups in total. The largest absolute Gasteiger partial charge is 0.465 e. The van der Waals surface area contributed by atoms with Crippen LogP contribution in [-0.2, 0) is 9.53 Å². The smallest absolute Gasteiger partial charge is 0.316 e. The normalized spacial score (nSPS) is 9.95. The molecule has 0 saturated heterocycles. The first-order valence-corrected chi connectivity index (χ1v) is 7.71. The second-order valence-corrected chi connectivity index (χ2v) is 5.41. The molecule has 0 unspecified atom stereocenters. The fourth-order valence-electron chi connectivity index (χ4n) is 1.27. The average Bonchev–Trinajstić information content (AvgIpc) is 2.41. The van der Waals surface area contributed by atoms with Crippen LogP contribution in [0.2, 0.25) is 5.02 Å². The van der Waals surface area contributed by atoms with Crippen molar-refractivity contribution in [3.8, 4) is 0 Å². The summed E-state index contributed by atoms with van der Waals surface area (Å²) < 4.78 is 18.5. The van der Waals surface area contributed by atoms with Gasteiger partial charge >= 0.3 is 5.97 Å². The highest BCUT2D eigenvalue weighted by Crippen LogP contribution is 2.33. The molecule has 0 radical (unpaired) electrons. The third-order valence-corrected chi connectivity index (χ3v) is 3.82. The maximum absolute atomic E-state index is 13.5. The molecule has 0 heterocycles. The number of rotatable bonds is 7. The zero-order valence-corrected chi connectivity index (χ0v) is 13.2. The molecule has 0 amide bonds. The lowest BCUT2D eigenvalue weighted by molar-refractivity contribution is -0.140. The molecule has 0 aromatic heterocycles. The summed E-state index contributed by atoms with van der Waals surface area (Å²) in [6, 6.07) is 2.57. The molecule has 0 spiro atoms. The number of thiocarbonyl (C=S) groups is 1. The van der Waals surface area contributed by atoms with E-state index in [1.165, 1.54) is 17.8 Å². The maximum Gasteiger partial charge on any atom is 0.316 e. The third-order valence-electron chi connectivity index (χ3n) is 2.27. The number of ether oxygens (including phenoxy) is 1. The first kappa shape index (κ1) is 17.1.